The van der Waals surface area contributed by atoms with Gasteiger partial charge in [0.1, 0.15) is 22.6 Å². The summed E-state index contributed by atoms with van der Waals surface area (Å²) in [5, 5.41) is 3.77. The number of rotatable bonds is 6. The molecule has 1 saturated heterocycles. The van der Waals surface area contributed by atoms with Crippen molar-refractivity contribution in [2.45, 2.75) is 25.9 Å². The van der Waals surface area contributed by atoms with E-state index in [0.29, 0.717) is 35.7 Å². The van der Waals surface area contributed by atoms with Crippen LogP contribution in [0.15, 0.2) is 62.4 Å². The third-order valence-corrected chi connectivity index (χ3v) is 5.35. The highest BCUT2D eigenvalue weighted by molar-refractivity contribution is 9.10. The Morgan fingerprint density at radius 3 is 2.93 bits per heavy atom. The van der Waals surface area contributed by atoms with E-state index in [2.05, 4.69) is 26.2 Å². The quantitative estimate of drug-likeness (QED) is 0.564. The second-order valence-corrected chi connectivity index (χ2v) is 7.92. The van der Waals surface area contributed by atoms with Crippen molar-refractivity contribution in [1.29, 1.82) is 0 Å². The van der Waals surface area contributed by atoms with Crippen LogP contribution in [-0.4, -0.2) is 31.8 Å². The van der Waals surface area contributed by atoms with Crippen LogP contribution in [0.25, 0.3) is 11.0 Å². The summed E-state index contributed by atoms with van der Waals surface area (Å²) in [5.74, 6) is 0.389. The molecule has 0 unspecified atom stereocenters. The van der Waals surface area contributed by atoms with Gasteiger partial charge in [-0.15, -0.1) is 0 Å². The zero-order chi connectivity index (χ0) is 20.9. The van der Waals surface area contributed by atoms with Gasteiger partial charge < -0.3 is 19.2 Å². The van der Waals surface area contributed by atoms with Crippen molar-refractivity contribution in [3.8, 4) is 5.75 Å². The molecule has 4 rings (SSSR count). The SMILES string of the molecule is CCOc1ccccc1N=c1oc2ccc(Br)cc2cc1C(=O)NC[C@@H]1CCCO1. The maximum absolute atomic E-state index is 13.0. The number of fused-ring (bicyclic) bond motifs is 1. The predicted molar refractivity (Wildman–Crippen MR) is 118 cm³/mol. The molecule has 1 aliphatic rings. The molecule has 156 valence electrons. The number of hydrogen-bond donors (Lipinski definition) is 1. The summed E-state index contributed by atoms with van der Waals surface area (Å²) in [6, 6.07) is 14.9. The first-order valence-corrected chi connectivity index (χ1v) is 10.8. The number of carbonyl (C=O) groups is 1. The summed E-state index contributed by atoms with van der Waals surface area (Å²) >= 11 is 3.47. The standard InChI is InChI=1S/C23H23BrN2O4/c1-2-28-21-8-4-3-7-19(21)26-23-18(22(27)25-14-17-6-5-11-29-17)13-15-12-16(24)9-10-20(15)30-23/h3-4,7-10,12-13,17H,2,5-6,11,14H2,1H3,(H,25,27)/t17-/m0/s1. The minimum atomic E-state index is -0.247. The van der Waals surface area contributed by atoms with Crippen molar-refractivity contribution in [3.63, 3.8) is 0 Å². The number of para-hydroxylation sites is 2. The van der Waals surface area contributed by atoms with Gasteiger partial charge in [-0.25, -0.2) is 4.99 Å². The monoisotopic (exact) mass is 470 g/mol. The van der Waals surface area contributed by atoms with Crippen LogP contribution in [0.3, 0.4) is 0 Å². The summed E-state index contributed by atoms with van der Waals surface area (Å²) in [6.45, 7) is 3.64. The molecule has 1 fully saturated rings. The van der Waals surface area contributed by atoms with Crippen molar-refractivity contribution in [1.82, 2.24) is 5.32 Å². The average Bonchev–Trinajstić information content (AvgIpc) is 3.27. The molecule has 1 aromatic heterocycles. The van der Waals surface area contributed by atoms with Crippen LogP contribution in [0.5, 0.6) is 5.75 Å². The number of nitrogens with zero attached hydrogens (tertiary/aromatic N) is 1. The summed E-state index contributed by atoms with van der Waals surface area (Å²) in [5.41, 5.74) is 1.85. The van der Waals surface area contributed by atoms with E-state index >= 15 is 0 Å². The van der Waals surface area contributed by atoms with Crippen LogP contribution >= 0.6 is 15.9 Å². The molecule has 30 heavy (non-hydrogen) atoms. The first-order chi connectivity index (χ1) is 14.6. The van der Waals surface area contributed by atoms with E-state index in [1.165, 1.54) is 0 Å². The fraction of sp³-hybridized carbons (Fsp3) is 0.304. The number of halogens is 1. The Balaban J connectivity index is 1.77. The number of nitrogens with one attached hydrogen (secondary N) is 1. The van der Waals surface area contributed by atoms with Gasteiger partial charge in [0.25, 0.3) is 5.91 Å². The predicted octanol–water partition coefficient (Wildman–Crippen LogP) is 4.74. The van der Waals surface area contributed by atoms with E-state index in [1.807, 2.05) is 49.4 Å². The molecule has 1 amide bonds. The van der Waals surface area contributed by atoms with E-state index in [9.17, 15) is 4.79 Å². The lowest BCUT2D eigenvalue weighted by atomic mass is 10.1. The van der Waals surface area contributed by atoms with Crippen molar-refractivity contribution in [2.75, 3.05) is 19.8 Å². The molecule has 2 aromatic carbocycles. The maximum Gasteiger partial charge on any atom is 0.256 e. The number of ether oxygens (including phenoxy) is 2. The molecule has 1 N–H and O–H groups in total. The van der Waals surface area contributed by atoms with Crippen molar-refractivity contribution in [3.05, 3.63) is 64.1 Å². The lowest BCUT2D eigenvalue weighted by molar-refractivity contribution is 0.0854. The van der Waals surface area contributed by atoms with Crippen LogP contribution in [0.4, 0.5) is 5.69 Å². The second kappa shape index (κ2) is 9.45. The van der Waals surface area contributed by atoms with Crippen molar-refractivity contribution < 1.29 is 18.7 Å². The topological polar surface area (TPSA) is 73.1 Å². The number of hydrogen-bond acceptors (Lipinski definition) is 5. The zero-order valence-corrected chi connectivity index (χ0v) is 18.3. The summed E-state index contributed by atoms with van der Waals surface area (Å²) in [4.78, 5) is 17.7. The minimum absolute atomic E-state index is 0.0551. The van der Waals surface area contributed by atoms with Gasteiger partial charge >= 0.3 is 0 Å². The first kappa shape index (κ1) is 20.6. The van der Waals surface area contributed by atoms with Gasteiger partial charge in [-0.1, -0.05) is 28.1 Å². The Kier molecular flexibility index (Phi) is 6.50. The van der Waals surface area contributed by atoms with E-state index in [0.717, 1.165) is 29.3 Å². The molecule has 3 aromatic rings. The van der Waals surface area contributed by atoms with Crippen molar-refractivity contribution in [2.24, 2.45) is 4.99 Å². The van der Waals surface area contributed by atoms with Crippen LogP contribution < -0.4 is 15.6 Å². The van der Waals surface area contributed by atoms with Crippen LogP contribution in [0.2, 0.25) is 0 Å². The van der Waals surface area contributed by atoms with Gasteiger partial charge in [0.05, 0.1) is 12.7 Å². The van der Waals surface area contributed by atoms with Gasteiger partial charge in [-0.2, -0.15) is 0 Å². The van der Waals surface area contributed by atoms with E-state index in [-0.39, 0.29) is 17.6 Å². The Morgan fingerprint density at radius 1 is 1.27 bits per heavy atom. The van der Waals surface area contributed by atoms with Gasteiger partial charge in [-0.3, -0.25) is 4.79 Å². The molecule has 2 heterocycles. The highest BCUT2D eigenvalue weighted by Crippen LogP contribution is 2.27. The fourth-order valence-electron chi connectivity index (χ4n) is 3.39. The fourth-order valence-corrected chi connectivity index (χ4v) is 3.77. The zero-order valence-electron chi connectivity index (χ0n) is 16.7. The second-order valence-electron chi connectivity index (χ2n) is 7.00. The highest BCUT2D eigenvalue weighted by Gasteiger charge is 2.19. The normalized spacial score (nSPS) is 16.7. The largest absolute Gasteiger partial charge is 0.492 e. The molecule has 0 saturated carbocycles. The van der Waals surface area contributed by atoms with E-state index in [1.54, 1.807) is 6.07 Å². The average molecular weight is 471 g/mol. The van der Waals surface area contributed by atoms with E-state index < -0.39 is 0 Å². The third-order valence-electron chi connectivity index (χ3n) is 4.85. The van der Waals surface area contributed by atoms with Crippen molar-refractivity contribution >= 4 is 38.5 Å². The first-order valence-electron chi connectivity index (χ1n) is 10.0. The Labute approximate surface area is 183 Å². The van der Waals surface area contributed by atoms with Gasteiger partial charge in [0.15, 0.2) is 0 Å². The molecule has 0 radical (unpaired) electrons. The number of amides is 1. The van der Waals surface area contributed by atoms with Gasteiger partial charge in [-0.05, 0) is 56.2 Å². The summed E-state index contributed by atoms with van der Waals surface area (Å²) in [7, 11) is 0. The Bertz CT molecular complexity index is 1120. The molecular weight excluding hydrogens is 448 g/mol. The highest BCUT2D eigenvalue weighted by atomic mass is 79.9. The molecule has 7 heteroatoms. The minimum Gasteiger partial charge on any atom is -0.492 e. The van der Waals surface area contributed by atoms with Crippen LogP contribution in [0.1, 0.15) is 30.1 Å². The third kappa shape index (κ3) is 4.74. The lowest BCUT2D eigenvalue weighted by Crippen LogP contribution is -2.34. The number of benzene rings is 2. The smallest absolute Gasteiger partial charge is 0.256 e. The molecule has 1 aliphatic heterocycles. The lowest BCUT2D eigenvalue weighted by Gasteiger charge is -2.11. The summed E-state index contributed by atoms with van der Waals surface area (Å²) < 4.78 is 18.2. The Morgan fingerprint density at radius 2 is 2.13 bits per heavy atom. The van der Waals surface area contributed by atoms with Crippen LogP contribution in [-0.2, 0) is 4.74 Å². The maximum atomic E-state index is 13.0. The number of carbonyl (C=O) groups excluding carboxylic acids is 1. The Hall–Kier alpha value is -2.64. The summed E-state index contributed by atoms with van der Waals surface area (Å²) in [6.07, 6.45) is 2.03. The molecule has 0 bridgehead atoms. The van der Waals surface area contributed by atoms with Crippen LogP contribution in [0, 0.1) is 0 Å². The molecule has 0 spiro atoms. The molecular formula is C23H23BrN2O4. The molecule has 6 nitrogen and oxygen atoms in total. The van der Waals surface area contributed by atoms with Gasteiger partial charge in [0.2, 0.25) is 5.55 Å². The van der Waals surface area contributed by atoms with E-state index in [4.69, 9.17) is 13.9 Å². The molecule has 1 atom stereocenters. The molecule has 0 aliphatic carbocycles. The van der Waals surface area contributed by atoms with Gasteiger partial charge in [0, 0.05) is 23.0 Å².